The fourth-order valence-electron chi connectivity index (χ4n) is 2.84. The lowest BCUT2D eigenvalue weighted by molar-refractivity contribution is -0.0905. The van der Waals surface area contributed by atoms with E-state index in [-0.39, 0.29) is 22.3 Å². The van der Waals surface area contributed by atoms with E-state index in [1.165, 1.54) is 12.1 Å². The summed E-state index contributed by atoms with van der Waals surface area (Å²) in [5.41, 5.74) is -0.246. The van der Waals surface area contributed by atoms with Crippen LogP contribution in [-0.2, 0) is 14.8 Å². The number of ether oxygens (including phenoxy) is 1. The summed E-state index contributed by atoms with van der Waals surface area (Å²) in [6.07, 6.45) is 3.03. The molecule has 0 aromatic heterocycles. The van der Waals surface area contributed by atoms with E-state index in [4.69, 9.17) is 4.74 Å². The van der Waals surface area contributed by atoms with Gasteiger partial charge in [-0.05, 0) is 37.8 Å². The Kier molecular flexibility index (Phi) is 4.91. The monoisotopic (exact) mass is 313 g/mol. The average molecular weight is 313 g/mol. The van der Waals surface area contributed by atoms with Gasteiger partial charge in [0.2, 0.25) is 10.0 Å². The number of para-hydroxylation sites is 1. The zero-order valence-electron chi connectivity index (χ0n) is 12.5. The highest BCUT2D eigenvalue weighted by Crippen LogP contribution is 2.32. The van der Waals surface area contributed by atoms with Crippen LogP contribution in [0.5, 0.6) is 5.75 Å². The highest BCUT2D eigenvalue weighted by atomic mass is 32.2. The minimum absolute atomic E-state index is 0.0740. The minimum atomic E-state index is -3.71. The molecule has 1 fully saturated rings. The first kappa shape index (κ1) is 16.3. The SMILES string of the molecule is CCC1(CC)CC(NS(=O)(=O)c2ccccc2O)CCO1. The first-order valence-electron chi connectivity index (χ1n) is 7.37. The molecule has 1 aliphatic heterocycles. The molecule has 1 aromatic carbocycles. The van der Waals surface area contributed by atoms with Crippen LogP contribution in [0.1, 0.15) is 39.5 Å². The molecule has 1 heterocycles. The van der Waals surface area contributed by atoms with Gasteiger partial charge in [-0.15, -0.1) is 0 Å². The lowest BCUT2D eigenvalue weighted by Crippen LogP contribution is -2.48. The van der Waals surface area contributed by atoms with Gasteiger partial charge in [0.25, 0.3) is 0 Å². The number of phenols is 1. The highest BCUT2D eigenvalue weighted by molar-refractivity contribution is 7.89. The lowest BCUT2D eigenvalue weighted by atomic mass is 9.86. The lowest BCUT2D eigenvalue weighted by Gasteiger charge is -2.40. The van der Waals surface area contributed by atoms with Gasteiger partial charge in [-0.2, -0.15) is 0 Å². The van der Waals surface area contributed by atoms with Crippen LogP contribution in [0.3, 0.4) is 0 Å². The summed E-state index contributed by atoms with van der Waals surface area (Å²) >= 11 is 0. The first-order valence-corrected chi connectivity index (χ1v) is 8.85. The molecule has 21 heavy (non-hydrogen) atoms. The maximum atomic E-state index is 12.4. The molecule has 0 amide bonds. The largest absolute Gasteiger partial charge is 0.507 e. The molecule has 2 N–H and O–H groups in total. The van der Waals surface area contributed by atoms with Crippen LogP contribution in [0.25, 0.3) is 0 Å². The van der Waals surface area contributed by atoms with E-state index >= 15 is 0 Å². The quantitative estimate of drug-likeness (QED) is 0.875. The van der Waals surface area contributed by atoms with Crippen molar-refractivity contribution >= 4 is 10.0 Å². The molecule has 1 aliphatic rings. The Morgan fingerprint density at radius 1 is 1.33 bits per heavy atom. The maximum Gasteiger partial charge on any atom is 0.244 e. The minimum Gasteiger partial charge on any atom is -0.507 e. The van der Waals surface area contributed by atoms with Gasteiger partial charge in [-0.25, -0.2) is 13.1 Å². The summed E-state index contributed by atoms with van der Waals surface area (Å²) in [6.45, 7) is 4.67. The fraction of sp³-hybridized carbons (Fsp3) is 0.600. The van der Waals surface area contributed by atoms with Crippen molar-refractivity contribution < 1.29 is 18.3 Å². The molecule has 1 atom stereocenters. The Balaban J connectivity index is 2.16. The number of aromatic hydroxyl groups is 1. The number of phenolic OH excluding ortho intramolecular Hbond substituents is 1. The first-order chi connectivity index (χ1) is 9.92. The molecular weight excluding hydrogens is 290 g/mol. The van der Waals surface area contributed by atoms with Crippen LogP contribution in [0.4, 0.5) is 0 Å². The van der Waals surface area contributed by atoms with Crippen molar-refractivity contribution in [2.75, 3.05) is 6.61 Å². The van der Waals surface area contributed by atoms with E-state index in [0.717, 1.165) is 12.8 Å². The van der Waals surface area contributed by atoms with Gasteiger partial charge in [-0.3, -0.25) is 0 Å². The van der Waals surface area contributed by atoms with Crippen molar-refractivity contribution in [3.8, 4) is 5.75 Å². The predicted molar refractivity (Wildman–Crippen MR) is 80.7 cm³/mol. The number of benzene rings is 1. The highest BCUT2D eigenvalue weighted by Gasteiger charge is 2.36. The van der Waals surface area contributed by atoms with Crippen LogP contribution in [0, 0.1) is 0 Å². The summed E-state index contributed by atoms with van der Waals surface area (Å²) in [5, 5.41) is 9.73. The zero-order chi connectivity index (χ0) is 15.5. The normalized spacial score (nSPS) is 22.1. The Bertz CT molecular complexity index is 581. The van der Waals surface area contributed by atoms with Crippen molar-refractivity contribution in [1.29, 1.82) is 0 Å². The third-order valence-corrected chi connectivity index (χ3v) is 5.83. The molecular formula is C15H23NO4S. The van der Waals surface area contributed by atoms with E-state index < -0.39 is 10.0 Å². The molecule has 0 radical (unpaired) electrons. The van der Waals surface area contributed by atoms with E-state index in [1.54, 1.807) is 12.1 Å². The molecule has 1 saturated heterocycles. The van der Waals surface area contributed by atoms with Crippen molar-refractivity contribution in [2.45, 2.75) is 56.1 Å². The van der Waals surface area contributed by atoms with Gasteiger partial charge >= 0.3 is 0 Å². The van der Waals surface area contributed by atoms with Gasteiger partial charge in [0.05, 0.1) is 5.60 Å². The second kappa shape index (κ2) is 6.34. The molecule has 1 unspecified atom stereocenters. The standard InChI is InChI=1S/C15H23NO4S/c1-3-15(4-2)11-12(9-10-20-15)16-21(18,19)14-8-6-5-7-13(14)17/h5-8,12,16-17H,3-4,9-11H2,1-2H3. The van der Waals surface area contributed by atoms with Crippen LogP contribution in [0.15, 0.2) is 29.2 Å². The van der Waals surface area contributed by atoms with Crippen LogP contribution < -0.4 is 4.72 Å². The van der Waals surface area contributed by atoms with Gasteiger partial charge in [0, 0.05) is 12.6 Å². The summed E-state index contributed by atoms with van der Waals surface area (Å²) in [7, 11) is -3.71. The van der Waals surface area contributed by atoms with Crippen LogP contribution in [-0.4, -0.2) is 31.8 Å². The smallest absolute Gasteiger partial charge is 0.244 e. The predicted octanol–water partition coefficient (Wildman–Crippen LogP) is 2.41. The van der Waals surface area contributed by atoms with Crippen LogP contribution in [0.2, 0.25) is 0 Å². The summed E-state index contributed by atoms with van der Waals surface area (Å²) in [5.74, 6) is -0.227. The number of nitrogens with one attached hydrogen (secondary N) is 1. The van der Waals surface area contributed by atoms with E-state index in [9.17, 15) is 13.5 Å². The second-order valence-corrected chi connectivity index (χ2v) is 7.20. The topological polar surface area (TPSA) is 75.6 Å². The number of hydrogen-bond acceptors (Lipinski definition) is 4. The fourth-order valence-corrected chi connectivity index (χ4v) is 4.21. The average Bonchev–Trinajstić information content (AvgIpc) is 2.47. The number of sulfonamides is 1. The Morgan fingerprint density at radius 2 is 2.00 bits per heavy atom. The van der Waals surface area contributed by atoms with Gasteiger partial charge in [0.15, 0.2) is 0 Å². The maximum absolute atomic E-state index is 12.4. The number of hydrogen-bond donors (Lipinski definition) is 2. The molecule has 0 spiro atoms. The zero-order valence-corrected chi connectivity index (χ0v) is 13.3. The summed E-state index contributed by atoms with van der Waals surface area (Å²) < 4.78 is 33.4. The van der Waals surface area contributed by atoms with E-state index in [0.29, 0.717) is 19.4 Å². The summed E-state index contributed by atoms with van der Waals surface area (Å²) in [4.78, 5) is -0.0740. The Morgan fingerprint density at radius 3 is 2.62 bits per heavy atom. The molecule has 0 aliphatic carbocycles. The molecule has 5 nitrogen and oxygen atoms in total. The molecule has 118 valence electrons. The van der Waals surface area contributed by atoms with Crippen molar-refractivity contribution in [1.82, 2.24) is 4.72 Å². The molecule has 2 rings (SSSR count). The second-order valence-electron chi connectivity index (χ2n) is 5.52. The Labute approximate surface area is 126 Å². The van der Waals surface area contributed by atoms with Crippen LogP contribution >= 0.6 is 0 Å². The third kappa shape index (κ3) is 3.56. The summed E-state index contributed by atoms with van der Waals surface area (Å²) in [6, 6.07) is 5.82. The van der Waals surface area contributed by atoms with Crippen molar-refractivity contribution in [2.24, 2.45) is 0 Å². The van der Waals surface area contributed by atoms with E-state index in [2.05, 4.69) is 18.6 Å². The number of rotatable bonds is 5. The Hall–Kier alpha value is -1.11. The van der Waals surface area contributed by atoms with Gasteiger partial charge in [-0.1, -0.05) is 26.0 Å². The van der Waals surface area contributed by atoms with Gasteiger partial charge in [0.1, 0.15) is 10.6 Å². The van der Waals surface area contributed by atoms with Crippen molar-refractivity contribution in [3.63, 3.8) is 0 Å². The molecule has 0 saturated carbocycles. The molecule has 6 heteroatoms. The third-order valence-electron chi connectivity index (χ3n) is 4.26. The van der Waals surface area contributed by atoms with E-state index in [1.807, 2.05) is 0 Å². The van der Waals surface area contributed by atoms with Crippen molar-refractivity contribution in [3.05, 3.63) is 24.3 Å². The molecule has 1 aromatic rings. The van der Waals surface area contributed by atoms with Gasteiger partial charge < -0.3 is 9.84 Å². The molecule has 0 bridgehead atoms.